The minimum Gasteiger partial charge on any atom is -0.463 e. The summed E-state index contributed by atoms with van der Waals surface area (Å²) in [5, 5.41) is 3.12. The van der Waals surface area contributed by atoms with Gasteiger partial charge in [0.05, 0.1) is 13.3 Å². The lowest BCUT2D eigenvalue weighted by Gasteiger charge is -2.12. The molecule has 7 heteroatoms. The zero-order valence-corrected chi connectivity index (χ0v) is 11.8. The minimum absolute atomic E-state index is 0.0192. The summed E-state index contributed by atoms with van der Waals surface area (Å²) in [5.41, 5.74) is 0.665. The number of aromatic nitrogens is 3. The van der Waals surface area contributed by atoms with Crippen molar-refractivity contribution in [3.63, 3.8) is 0 Å². The van der Waals surface area contributed by atoms with Gasteiger partial charge in [0.1, 0.15) is 17.6 Å². The number of nitrogens with one attached hydrogen (secondary N) is 1. The van der Waals surface area contributed by atoms with Gasteiger partial charge in [-0.1, -0.05) is 0 Å². The van der Waals surface area contributed by atoms with Crippen LogP contribution in [0.3, 0.4) is 0 Å². The highest BCUT2D eigenvalue weighted by atomic mass is 16.5. The third-order valence-corrected chi connectivity index (χ3v) is 2.60. The second-order valence-electron chi connectivity index (χ2n) is 4.38. The smallest absolute Gasteiger partial charge is 0.376 e. The van der Waals surface area contributed by atoms with Crippen LogP contribution in [-0.2, 0) is 4.74 Å². The highest BCUT2D eigenvalue weighted by molar-refractivity contribution is 5.85. The molecule has 0 amide bonds. The molecule has 2 rings (SSSR count). The predicted molar refractivity (Wildman–Crippen MR) is 71.4 cm³/mol. The molecule has 0 spiro atoms. The number of carbonyl (C=O) groups is 1. The summed E-state index contributed by atoms with van der Waals surface area (Å²) >= 11 is 0. The molecule has 2 aromatic heterocycles. The number of nitrogens with zero attached hydrogens (tertiary/aromatic N) is 3. The molecular weight excluding hydrogens is 260 g/mol. The Hall–Kier alpha value is -2.44. The molecular formula is C13H16N4O3. The first-order chi connectivity index (χ1) is 9.49. The van der Waals surface area contributed by atoms with Gasteiger partial charge in [0.25, 0.3) is 0 Å². The van der Waals surface area contributed by atoms with Crippen LogP contribution in [0, 0.1) is 13.8 Å². The van der Waals surface area contributed by atoms with E-state index in [2.05, 4.69) is 25.0 Å². The Morgan fingerprint density at radius 1 is 1.40 bits per heavy atom. The van der Waals surface area contributed by atoms with Crippen LogP contribution in [-0.4, -0.2) is 28.0 Å². The fraction of sp³-hybridized carbons (Fsp3) is 0.385. The third-order valence-electron chi connectivity index (χ3n) is 2.60. The van der Waals surface area contributed by atoms with E-state index in [9.17, 15) is 4.79 Å². The normalized spacial score (nSPS) is 12.0. The Kier molecular flexibility index (Phi) is 3.97. The van der Waals surface area contributed by atoms with Gasteiger partial charge in [-0.25, -0.2) is 19.7 Å². The summed E-state index contributed by atoms with van der Waals surface area (Å²) in [4.78, 5) is 23.7. The van der Waals surface area contributed by atoms with Crippen molar-refractivity contribution in [3.8, 4) is 0 Å². The van der Waals surface area contributed by atoms with Crippen LogP contribution in [0.2, 0.25) is 0 Å². The lowest BCUT2D eigenvalue weighted by Crippen LogP contribution is -2.13. The van der Waals surface area contributed by atoms with Gasteiger partial charge in [-0.2, -0.15) is 0 Å². The maximum absolute atomic E-state index is 11.5. The second-order valence-corrected chi connectivity index (χ2v) is 4.38. The number of ether oxygens (including phenoxy) is 1. The molecule has 0 saturated heterocycles. The molecule has 0 aliphatic carbocycles. The summed E-state index contributed by atoms with van der Waals surface area (Å²) in [6.45, 7) is 5.49. The van der Waals surface area contributed by atoms with E-state index in [-0.39, 0.29) is 11.9 Å². The second kappa shape index (κ2) is 5.68. The number of aryl methyl sites for hydroxylation is 2. The van der Waals surface area contributed by atoms with E-state index in [1.165, 1.54) is 7.11 Å². The van der Waals surface area contributed by atoms with Gasteiger partial charge in [0.2, 0.25) is 11.7 Å². The van der Waals surface area contributed by atoms with Gasteiger partial charge in [-0.3, -0.25) is 0 Å². The van der Waals surface area contributed by atoms with Crippen LogP contribution < -0.4 is 5.32 Å². The number of hydrogen-bond donors (Lipinski definition) is 1. The fourth-order valence-corrected chi connectivity index (χ4v) is 1.68. The first-order valence-electron chi connectivity index (χ1n) is 6.12. The van der Waals surface area contributed by atoms with E-state index >= 15 is 0 Å². The molecule has 2 aromatic rings. The molecule has 0 bridgehead atoms. The molecule has 0 radical (unpaired) electrons. The van der Waals surface area contributed by atoms with E-state index < -0.39 is 5.97 Å². The Balaban J connectivity index is 2.20. The molecule has 2 heterocycles. The average molecular weight is 276 g/mol. The van der Waals surface area contributed by atoms with E-state index in [4.69, 9.17) is 4.42 Å². The molecule has 20 heavy (non-hydrogen) atoms. The molecule has 106 valence electrons. The number of hydrogen-bond acceptors (Lipinski definition) is 7. The van der Waals surface area contributed by atoms with Crippen molar-refractivity contribution in [2.45, 2.75) is 26.8 Å². The first kappa shape index (κ1) is 14.0. The van der Waals surface area contributed by atoms with Crippen molar-refractivity contribution in [1.29, 1.82) is 0 Å². The lowest BCUT2D eigenvalue weighted by atomic mass is 10.3. The molecule has 7 nitrogen and oxygen atoms in total. The van der Waals surface area contributed by atoms with E-state index in [0.717, 1.165) is 5.76 Å². The zero-order valence-electron chi connectivity index (χ0n) is 11.8. The van der Waals surface area contributed by atoms with E-state index in [0.29, 0.717) is 17.4 Å². The SMILES string of the molecule is COC(=O)c1nc(C)cc(NC(C)c2ncc(C)o2)n1. The number of rotatable bonds is 4. The fourth-order valence-electron chi connectivity index (χ4n) is 1.68. The van der Waals surface area contributed by atoms with Crippen LogP contribution in [0.15, 0.2) is 16.7 Å². The van der Waals surface area contributed by atoms with Gasteiger partial charge in [0.15, 0.2) is 0 Å². The number of oxazole rings is 1. The van der Waals surface area contributed by atoms with Gasteiger partial charge in [0, 0.05) is 11.8 Å². The number of esters is 1. The number of methoxy groups -OCH3 is 1. The summed E-state index contributed by atoms with van der Waals surface area (Å²) < 4.78 is 10.1. The third kappa shape index (κ3) is 3.11. The van der Waals surface area contributed by atoms with Gasteiger partial charge < -0.3 is 14.5 Å². The molecule has 1 atom stereocenters. The molecule has 0 aliphatic rings. The van der Waals surface area contributed by atoms with E-state index in [1.54, 1.807) is 19.2 Å². The molecule has 0 aromatic carbocycles. The highest BCUT2D eigenvalue weighted by Crippen LogP contribution is 2.18. The largest absolute Gasteiger partial charge is 0.463 e. The summed E-state index contributed by atoms with van der Waals surface area (Å²) in [5.74, 6) is 1.25. The van der Waals surface area contributed by atoms with Gasteiger partial charge in [-0.15, -0.1) is 0 Å². The predicted octanol–water partition coefficient (Wildman–Crippen LogP) is 2.04. The van der Waals surface area contributed by atoms with Crippen molar-refractivity contribution < 1.29 is 13.9 Å². The minimum atomic E-state index is -0.573. The van der Waals surface area contributed by atoms with Crippen LogP contribution in [0.4, 0.5) is 5.82 Å². The molecule has 1 N–H and O–H groups in total. The van der Waals surface area contributed by atoms with Crippen molar-refractivity contribution in [2.24, 2.45) is 0 Å². The Morgan fingerprint density at radius 2 is 2.15 bits per heavy atom. The van der Waals surface area contributed by atoms with Crippen LogP contribution in [0.5, 0.6) is 0 Å². The molecule has 1 unspecified atom stereocenters. The standard InChI is InChI=1S/C13H16N4O3/c1-7-5-10(17-11(15-7)13(18)19-4)16-9(3)12-14-6-8(2)20-12/h5-6,9H,1-4H3,(H,15,16,17). The molecule has 0 fully saturated rings. The number of anilines is 1. The Labute approximate surface area is 116 Å². The quantitative estimate of drug-likeness (QED) is 0.854. The first-order valence-corrected chi connectivity index (χ1v) is 6.12. The van der Waals surface area contributed by atoms with Crippen molar-refractivity contribution in [3.05, 3.63) is 35.4 Å². The van der Waals surface area contributed by atoms with Crippen LogP contribution in [0.1, 0.15) is 40.9 Å². The van der Waals surface area contributed by atoms with Gasteiger partial charge in [-0.05, 0) is 20.8 Å². The summed E-state index contributed by atoms with van der Waals surface area (Å²) in [7, 11) is 1.29. The Bertz CT molecular complexity index is 624. The average Bonchev–Trinajstić information content (AvgIpc) is 2.84. The highest BCUT2D eigenvalue weighted by Gasteiger charge is 2.15. The monoisotopic (exact) mass is 276 g/mol. The van der Waals surface area contributed by atoms with Crippen LogP contribution in [0.25, 0.3) is 0 Å². The maximum atomic E-state index is 11.5. The number of carbonyl (C=O) groups excluding carboxylic acids is 1. The lowest BCUT2D eigenvalue weighted by molar-refractivity contribution is 0.0586. The van der Waals surface area contributed by atoms with E-state index in [1.807, 2.05) is 13.8 Å². The topological polar surface area (TPSA) is 90.1 Å². The maximum Gasteiger partial charge on any atom is 0.376 e. The zero-order chi connectivity index (χ0) is 14.7. The van der Waals surface area contributed by atoms with Gasteiger partial charge >= 0.3 is 5.97 Å². The molecule has 0 saturated carbocycles. The van der Waals surface area contributed by atoms with Crippen molar-refractivity contribution >= 4 is 11.8 Å². The van der Waals surface area contributed by atoms with Crippen LogP contribution >= 0.6 is 0 Å². The van der Waals surface area contributed by atoms with Crippen molar-refractivity contribution in [2.75, 3.05) is 12.4 Å². The summed E-state index contributed by atoms with van der Waals surface area (Å²) in [6.07, 6.45) is 1.65. The Morgan fingerprint density at radius 3 is 2.75 bits per heavy atom. The molecule has 0 aliphatic heterocycles. The van der Waals surface area contributed by atoms with Crippen molar-refractivity contribution in [1.82, 2.24) is 15.0 Å². The summed E-state index contributed by atoms with van der Waals surface area (Å²) in [6, 6.07) is 1.56.